The van der Waals surface area contributed by atoms with Crippen molar-refractivity contribution >= 4 is 21.6 Å². The number of aryl methyl sites for hydroxylation is 1. The molecular weight excluding hydrogens is 483 g/mol. The van der Waals surface area contributed by atoms with Crippen LogP contribution in [0.25, 0.3) is 0 Å². The third-order valence-corrected chi connectivity index (χ3v) is 8.64. The summed E-state index contributed by atoms with van der Waals surface area (Å²) in [5.74, 6) is -0.0266. The van der Waals surface area contributed by atoms with Crippen LogP contribution in [0.3, 0.4) is 0 Å². The molecule has 0 bridgehead atoms. The predicted octanol–water partition coefficient (Wildman–Crippen LogP) is 3.38. The van der Waals surface area contributed by atoms with Gasteiger partial charge in [-0.15, -0.1) is 0 Å². The number of nitrogens with one attached hydrogen (secondary N) is 1. The number of carbonyl (C=O) groups excluding carboxylic acids is 1. The zero-order valence-electron chi connectivity index (χ0n) is 19.5. The molecule has 1 aliphatic carbocycles. The Bertz CT molecular complexity index is 1290. The summed E-state index contributed by atoms with van der Waals surface area (Å²) in [6.45, 7) is 5.33. The van der Waals surface area contributed by atoms with E-state index in [9.17, 15) is 31.6 Å². The summed E-state index contributed by atoms with van der Waals surface area (Å²) >= 11 is 0. The molecule has 1 aromatic carbocycles. The van der Waals surface area contributed by atoms with E-state index in [4.69, 9.17) is 0 Å². The molecule has 1 aromatic heterocycles. The van der Waals surface area contributed by atoms with Crippen LogP contribution in [0.1, 0.15) is 50.4 Å². The third-order valence-electron chi connectivity index (χ3n) is 6.45. The fraction of sp³-hybridized carbons (Fsp3) is 0.522. The van der Waals surface area contributed by atoms with Crippen molar-refractivity contribution in [2.45, 2.75) is 74.0 Å². The van der Waals surface area contributed by atoms with Gasteiger partial charge >= 0.3 is 6.18 Å². The van der Waals surface area contributed by atoms with Crippen LogP contribution in [-0.2, 0) is 20.8 Å². The highest BCUT2D eigenvalue weighted by molar-refractivity contribution is 7.92. The Hall–Kier alpha value is -3.07. The Morgan fingerprint density at radius 1 is 1.29 bits per heavy atom. The number of alkyl halides is 3. The Morgan fingerprint density at radius 3 is 2.51 bits per heavy atom. The number of sulfone groups is 1. The summed E-state index contributed by atoms with van der Waals surface area (Å²) in [5.41, 5.74) is -1.56. The first kappa shape index (κ1) is 25.0. The summed E-state index contributed by atoms with van der Waals surface area (Å²) in [6, 6.07) is 6.77. The van der Waals surface area contributed by atoms with E-state index >= 15 is 0 Å². The fourth-order valence-corrected chi connectivity index (χ4v) is 6.37. The van der Waals surface area contributed by atoms with Crippen LogP contribution in [0.15, 0.2) is 35.2 Å². The quantitative estimate of drug-likeness (QED) is 0.640. The molecule has 2 fully saturated rings. The molecule has 4 rings (SSSR count). The molecule has 1 N–H and O–H groups in total. The van der Waals surface area contributed by atoms with Gasteiger partial charge in [-0.2, -0.15) is 23.5 Å². The van der Waals surface area contributed by atoms with Crippen molar-refractivity contribution in [2.24, 2.45) is 0 Å². The lowest BCUT2D eigenvalue weighted by Gasteiger charge is -2.28. The molecule has 0 unspecified atom stereocenters. The molecule has 188 valence electrons. The van der Waals surface area contributed by atoms with E-state index in [-0.39, 0.29) is 19.0 Å². The van der Waals surface area contributed by atoms with Gasteiger partial charge in [-0.25, -0.2) is 13.1 Å². The topological polar surface area (TPSA) is 108 Å². The number of rotatable bonds is 6. The van der Waals surface area contributed by atoms with Crippen LogP contribution in [0.5, 0.6) is 0 Å². The lowest BCUT2D eigenvalue weighted by Crippen LogP contribution is -2.48. The van der Waals surface area contributed by atoms with E-state index in [1.807, 2.05) is 13.8 Å². The van der Waals surface area contributed by atoms with E-state index in [0.717, 1.165) is 18.2 Å². The first-order valence-corrected chi connectivity index (χ1v) is 12.8. The predicted molar refractivity (Wildman–Crippen MR) is 121 cm³/mol. The number of anilines is 1. The summed E-state index contributed by atoms with van der Waals surface area (Å²) in [5, 5.41) is 15.3. The smallest absolute Gasteiger partial charge is 0.343 e. The number of hydrogen-bond acceptors (Lipinski definition) is 6. The highest BCUT2D eigenvalue weighted by Crippen LogP contribution is 2.40. The minimum atomic E-state index is -4.85. The van der Waals surface area contributed by atoms with Gasteiger partial charge in [0.2, 0.25) is 5.91 Å². The summed E-state index contributed by atoms with van der Waals surface area (Å²) < 4.78 is 69.5. The second-order valence-electron chi connectivity index (χ2n) is 9.43. The summed E-state index contributed by atoms with van der Waals surface area (Å²) in [6.07, 6.45) is -4.08. The van der Waals surface area contributed by atoms with Crippen LogP contribution < -0.4 is 10.2 Å². The molecule has 35 heavy (non-hydrogen) atoms. The maximum absolute atomic E-state index is 13.6. The summed E-state index contributed by atoms with van der Waals surface area (Å²) in [4.78, 5) is 14.0. The van der Waals surface area contributed by atoms with Crippen molar-refractivity contribution in [3.63, 3.8) is 0 Å². The average Bonchev–Trinajstić information content (AvgIpc) is 3.22. The van der Waals surface area contributed by atoms with Crippen LogP contribution in [0, 0.1) is 18.3 Å². The molecule has 1 saturated carbocycles. The van der Waals surface area contributed by atoms with E-state index < -0.39 is 49.2 Å². The molecule has 0 radical (unpaired) electrons. The average molecular weight is 510 g/mol. The maximum atomic E-state index is 13.6. The van der Waals surface area contributed by atoms with Crippen molar-refractivity contribution < 1.29 is 26.4 Å². The highest BCUT2D eigenvalue weighted by atomic mass is 32.2. The minimum Gasteiger partial charge on any atom is -0.343 e. The van der Waals surface area contributed by atoms with Gasteiger partial charge in [-0.05, 0) is 52.2 Å². The van der Waals surface area contributed by atoms with Crippen LogP contribution >= 0.6 is 0 Å². The number of nitriles is 1. The first-order chi connectivity index (χ1) is 16.3. The molecule has 1 aliphatic heterocycles. The van der Waals surface area contributed by atoms with Crippen molar-refractivity contribution in [1.82, 2.24) is 15.1 Å². The number of hydrogen-bond donors (Lipinski definition) is 1. The molecule has 2 atom stereocenters. The van der Waals surface area contributed by atoms with Gasteiger partial charge in [0.05, 0.1) is 27.5 Å². The number of benzene rings is 1. The SMILES string of the molecule is Cc1cc(N2C[C@H](S(=O)(=O)c3ccccc3C(F)(F)F)C[C@H]2C(=O)NC2(C#N)CC2)n(C(C)C)n1. The molecule has 0 spiro atoms. The highest BCUT2D eigenvalue weighted by Gasteiger charge is 2.50. The number of carbonyl (C=O) groups is 1. The van der Waals surface area contributed by atoms with Gasteiger partial charge in [-0.3, -0.25) is 4.79 Å². The zero-order chi connectivity index (χ0) is 25.8. The van der Waals surface area contributed by atoms with Gasteiger partial charge in [0, 0.05) is 18.7 Å². The minimum absolute atomic E-state index is 0.113. The van der Waals surface area contributed by atoms with Crippen molar-refractivity contribution in [3.05, 3.63) is 41.6 Å². The van der Waals surface area contributed by atoms with E-state index in [1.165, 1.54) is 6.07 Å². The lowest BCUT2D eigenvalue weighted by molar-refractivity contribution is -0.139. The molecule has 2 aromatic rings. The molecule has 2 heterocycles. The van der Waals surface area contributed by atoms with Gasteiger partial charge in [0.15, 0.2) is 9.84 Å². The third kappa shape index (κ3) is 4.61. The number of amides is 1. The van der Waals surface area contributed by atoms with E-state index in [0.29, 0.717) is 24.4 Å². The molecule has 8 nitrogen and oxygen atoms in total. The second-order valence-corrected chi connectivity index (χ2v) is 11.6. The van der Waals surface area contributed by atoms with Gasteiger partial charge in [0.1, 0.15) is 17.4 Å². The maximum Gasteiger partial charge on any atom is 0.417 e. The lowest BCUT2D eigenvalue weighted by atomic mass is 10.1. The van der Waals surface area contributed by atoms with Gasteiger partial charge < -0.3 is 10.2 Å². The largest absolute Gasteiger partial charge is 0.417 e. The normalized spacial score (nSPS) is 21.7. The monoisotopic (exact) mass is 509 g/mol. The molecule has 1 amide bonds. The molecule has 1 saturated heterocycles. The van der Waals surface area contributed by atoms with Gasteiger partial charge in [-0.1, -0.05) is 12.1 Å². The number of aromatic nitrogens is 2. The Labute approximate surface area is 201 Å². The number of nitrogens with zero attached hydrogens (tertiary/aromatic N) is 4. The standard InChI is InChI=1S/C23H26F3N5O3S/c1-14(2)31-20(10-15(3)29-31)30-12-16(11-18(30)21(32)28-22(13-27)8-9-22)35(33,34)19-7-5-4-6-17(19)23(24,25)26/h4-7,10,14,16,18H,8-9,11-12H2,1-3H3,(H,28,32)/t16-,18+/m1/s1. The Balaban J connectivity index is 1.75. The molecular formula is C23H26F3N5O3S. The molecule has 2 aliphatic rings. The first-order valence-electron chi connectivity index (χ1n) is 11.3. The van der Waals surface area contributed by atoms with Crippen LogP contribution in [0.4, 0.5) is 19.0 Å². The van der Waals surface area contributed by atoms with Crippen LogP contribution in [-0.4, -0.2) is 47.5 Å². The zero-order valence-corrected chi connectivity index (χ0v) is 20.3. The van der Waals surface area contributed by atoms with Crippen molar-refractivity contribution in [1.29, 1.82) is 5.26 Å². The summed E-state index contributed by atoms with van der Waals surface area (Å²) in [7, 11) is -4.46. The van der Waals surface area contributed by atoms with E-state index in [2.05, 4.69) is 16.5 Å². The fourth-order valence-electron chi connectivity index (χ4n) is 4.46. The second kappa shape index (κ2) is 8.55. The number of halogens is 3. The van der Waals surface area contributed by atoms with Crippen molar-refractivity contribution in [2.75, 3.05) is 11.4 Å². The Morgan fingerprint density at radius 2 is 1.94 bits per heavy atom. The van der Waals surface area contributed by atoms with Crippen LogP contribution in [0.2, 0.25) is 0 Å². The molecule has 12 heteroatoms. The Kier molecular flexibility index (Phi) is 6.12. The van der Waals surface area contributed by atoms with Gasteiger partial charge in [0.25, 0.3) is 0 Å². The van der Waals surface area contributed by atoms with E-state index in [1.54, 1.807) is 22.6 Å². The van der Waals surface area contributed by atoms with Crippen molar-refractivity contribution in [3.8, 4) is 6.07 Å².